The predicted octanol–water partition coefficient (Wildman–Crippen LogP) is 1.32. The van der Waals surface area contributed by atoms with Crippen LogP contribution in [0.1, 0.15) is 34.0 Å². The van der Waals surface area contributed by atoms with Crippen LogP contribution in [-0.2, 0) is 9.53 Å². The first kappa shape index (κ1) is 15.6. The van der Waals surface area contributed by atoms with E-state index in [4.69, 9.17) is 10.5 Å². The fraction of sp³-hybridized carbons (Fsp3) is 0.235. The molecule has 122 valence electrons. The van der Waals surface area contributed by atoms with Crippen molar-refractivity contribution in [2.75, 3.05) is 19.4 Å². The molecule has 2 heterocycles. The Labute approximate surface area is 138 Å². The summed E-state index contributed by atoms with van der Waals surface area (Å²) in [7, 11) is 1.26. The van der Waals surface area contributed by atoms with Crippen molar-refractivity contribution in [2.24, 2.45) is 0 Å². The molecule has 24 heavy (non-hydrogen) atoms. The zero-order chi connectivity index (χ0) is 17.3. The fourth-order valence-electron chi connectivity index (χ4n) is 2.89. The number of nitrogen functional groups attached to an aromatic ring is 1. The third kappa shape index (κ3) is 2.58. The molecule has 0 radical (unpaired) electrons. The van der Waals surface area contributed by atoms with Crippen LogP contribution >= 0.6 is 0 Å². The molecule has 3 N–H and O–H groups in total. The normalized spacial score (nSPS) is 16.5. The SMILES string of the molecule is COC(=O)c1c(N)c(C#N)cn1-c1cccc(C2CNC(=O)C2)c1. The van der Waals surface area contributed by atoms with Crippen LogP contribution in [0.3, 0.4) is 0 Å². The molecule has 0 spiro atoms. The highest BCUT2D eigenvalue weighted by Gasteiger charge is 2.25. The molecule has 7 nitrogen and oxygen atoms in total. The van der Waals surface area contributed by atoms with Gasteiger partial charge in [-0.3, -0.25) is 4.79 Å². The number of hydrogen-bond donors (Lipinski definition) is 2. The minimum Gasteiger partial charge on any atom is -0.464 e. The van der Waals surface area contributed by atoms with E-state index in [2.05, 4.69) is 5.32 Å². The van der Waals surface area contributed by atoms with Crippen molar-refractivity contribution in [1.82, 2.24) is 9.88 Å². The summed E-state index contributed by atoms with van der Waals surface area (Å²) in [6.07, 6.45) is 1.95. The molecule has 7 heteroatoms. The van der Waals surface area contributed by atoms with Crippen LogP contribution in [0, 0.1) is 11.3 Å². The van der Waals surface area contributed by atoms with Gasteiger partial charge < -0.3 is 20.4 Å². The molecule has 0 saturated carbocycles. The number of ether oxygens (including phenoxy) is 1. The number of anilines is 1. The van der Waals surface area contributed by atoms with Gasteiger partial charge in [0.15, 0.2) is 5.69 Å². The van der Waals surface area contributed by atoms with Crippen molar-refractivity contribution in [2.45, 2.75) is 12.3 Å². The molecule has 1 aromatic carbocycles. The van der Waals surface area contributed by atoms with E-state index >= 15 is 0 Å². The van der Waals surface area contributed by atoms with Crippen LogP contribution in [0.5, 0.6) is 0 Å². The number of carbonyl (C=O) groups is 2. The van der Waals surface area contributed by atoms with E-state index in [1.807, 2.05) is 24.3 Å². The fourth-order valence-corrected chi connectivity index (χ4v) is 2.89. The number of hydrogen-bond acceptors (Lipinski definition) is 5. The van der Waals surface area contributed by atoms with E-state index in [-0.39, 0.29) is 28.8 Å². The van der Waals surface area contributed by atoms with E-state index in [1.54, 1.807) is 10.6 Å². The average molecular weight is 324 g/mol. The summed E-state index contributed by atoms with van der Waals surface area (Å²) in [5, 5.41) is 12.0. The van der Waals surface area contributed by atoms with Gasteiger partial charge >= 0.3 is 5.97 Å². The quantitative estimate of drug-likeness (QED) is 0.827. The Balaban J connectivity index is 2.08. The molecular formula is C17H16N4O3. The van der Waals surface area contributed by atoms with E-state index in [0.29, 0.717) is 18.7 Å². The Bertz CT molecular complexity index is 863. The molecule has 1 aliphatic heterocycles. The number of aromatic nitrogens is 1. The van der Waals surface area contributed by atoms with Crippen molar-refractivity contribution >= 4 is 17.6 Å². The smallest absolute Gasteiger partial charge is 0.357 e. The van der Waals surface area contributed by atoms with E-state index in [1.165, 1.54) is 13.3 Å². The maximum absolute atomic E-state index is 12.1. The number of esters is 1. The van der Waals surface area contributed by atoms with Gasteiger partial charge in [0.25, 0.3) is 0 Å². The van der Waals surface area contributed by atoms with Gasteiger partial charge in [-0.25, -0.2) is 4.79 Å². The van der Waals surface area contributed by atoms with Crippen LogP contribution in [0.2, 0.25) is 0 Å². The third-order valence-electron chi connectivity index (χ3n) is 4.14. The molecular weight excluding hydrogens is 308 g/mol. The van der Waals surface area contributed by atoms with Gasteiger partial charge in [-0.15, -0.1) is 0 Å². The second-order valence-electron chi connectivity index (χ2n) is 5.58. The van der Waals surface area contributed by atoms with Crippen molar-refractivity contribution in [3.05, 3.63) is 47.3 Å². The number of nitrogens with zero attached hydrogens (tertiary/aromatic N) is 2. The number of nitriles is 1. The van der Waals surface area contributed by atoms with Crippen molar-refractivity contribution < 1.29 is 14.3 Å². The highest BCUT2D eigenvalue weighted by molar-refractivity contribution is 5.96. The maximum Gasteiger partial charge on any atom is 0.357 e. The largest absolute Gasteiger partial charge is 0.464 e. The number of benzene rings is 1. The monoisotopic (exact) mass is 324 g/mol. The van der Waals surface area contributed by atoms with Gasteiger partial charge in [0.05, 0.1) is 18.4 Å². The van der Waals surface area contributed by atoms with Crippen molar-refractivity contribution in [3.63, 3.8) is 0 Å². The Hall–Kier alpha value is -3.27. The summed E-state index contributed by atoms with van der Waals surface area (Å²) < 4.78 is 6.33. The van der Waals surface area contributed by atoms with Crippen LogP contribution in [0.15, 0.2) is 30.5 Å². The molecule has 1 saturated heterocycles. The first-order chi connectivity index (χ1) is 11.5. The minimum absolute atomic E-state index is 0.0256. The molecule has 1 fully saturated rings. The first-order valence-electron chi connectivity index (χ1n) is 7.41. The predicted molar refractivity (Wildman–Crippen MR) is 86.6 cm³/mol. The Kier molecular flexibility index (Phi) is 3.96. The lowest BCUT2D eigenvalue weighted by Gasteiger charge is -2.12. The minimum atomic E-state index is -0.614. The zero-order valence-electron chi connectivity index (χ0n) is 13.1. The number of nitrogens with two attached hydrogens (primary N) is 1. The highest BCUT2D eigenvalue weighted by Crippen LogP contribution is 2.28. The molecule has 1 aromatic heterocycles. The topological polar surface area (TPSA) is 110 Å². The molecule has 3 rings (SSSR count). The molecule has 1 amide bonds. The van der Waals surface area contributed by atoms with E-state index in [0.717, 1.165) is 5.56 Å². The Morgan fingerprint density at radius 1 is 1.50 bits per heavy atom. The van der Waals surface area contributed by atoms with Crippen LogP contribution in [0.25, 0.3) is 5.69 Å². The van der Waals surface area contributed by atoms with Gasteiger partial charge in [-0.2, -0.15) is 5.26 Å². The van der Waals surface area contributed by atoms with Gasteiger partial charge in [0, 0.05) is 30.8 Å². The third-order valence-corrected chi connectivity index (χ3v) is 4.14. The van der Waals surface area contributed by atoms with Crippen LogP contribution in [0.4, 0.5) is 5.69 Å². The lowest BCUT2D eigenvalue weighted by molar-refractivity contribution is -0.119. The molecule has 1 atom stereocenters. The second kappa shape index (κ2) is 6.08. The van der Waals surface area contributed by atoms with Crippen molar-refractivity contribution in [1.29, 1.82) is 5.26 Å². The summed E-state index contributed by atoms with van der Waals surface area (Å²) in [4.78, 5) is 23.5. The molecule has 1 unspecified atom stereocenters. The highest BCUT2D eigenvalue weighted by atomic mass is 16.5. The lowest BCUT2D eigenvalue weighted by Crippen LogP contribution is -2.13. The van der Waals surface area contributed by atoms with Gasteiger partial charge in [0.1, 0.15) is 6.07 Å². The standard InChI is InChI=1S/C17H16N4O3/c1-24-17(23)16-15(19)12(7-18)9-21(16)13-4-2-3-10(5-13)11-6-14(22)20-8-11/h2-5,9,11H,6,8,19H2,1H3,(H,20,22). The Morgan fingerprint density at radius 3 is 2.92 bits per heavy atom. The molecule has 0 bridgehead atoms. The summed E-state index contributed by atoms with van der Waals surface area (Å²) in [5.41, 5.74) is 7.98. The van der Waals surface area contributed by atoms with Gasteiger partial charge in [-0.05, 0) is 17.7 Å². The molecule has 2 aromatic rings. The van der Waals surface area contributed by atoms with Crippen LogP contribution in [-0.4, -0.2) is 30.1 Å². The molecule has 1 aliphatic rings. The number of rotatable bonds is 3. The second-order valence-corrected chi connectivity index (χ2v) is 5.58. The zero-order valence-corrected chi connectivity index (χ0v) is 13.1. The summed E-state index contributed by atoms with van der Waals surface area (Å²) in [5.74, 6) is -0.503. The Morgan fingerprint density at radius 2 is 2.29 bits per heavy atom. The number of nitrogens with one attached hydrogen (secondary N) is 1. The number of carbonyl (C=O) groups excluding carboxylic acids is 2. The summed E-state index contributed by atoms with van der Waals surface area (Å²) >= 11 is 0. The summed E-state index contributed by atoms with van der Waals surface area (Å²) in [6, 6.07) is 9.44. The first-order valence-corrected chi connectivity index (χ1v) is 7.41. The molecule has 0 aliphatic carbocycles. The number of amides is 1. The number of methoxy groups -OCH3 is 1. The maximum atomic E-state index is 12.1. The average Bonchev–Trinajstić information content (AvgIpc) is 3.17. The summed E-state index contributed by atoms with van der Waals surface area (Å²) in [6.45, 7) is 0.587. The van der Waals surface area contributed by atoms with E-state index in [9.17, 15) is 14.9 Å². The lowest BCUT2D eigenvalue weighted by atomic mass is 9.98. The van der Waals surface area contributed by atoms with Crippen LogP contribution < -0.4 is 11.1 Å². The van der Waals surface area contributed by atoms with Crippen molar-refractivity contribution in [3.8, 4) is 11.8 Å². The van der Waals surface area contributed by atoms with Gasteiger partial charge in [-0.1, -0.05) is 12.1 Å². The van der Waals surface area contributed by atoms with E-state index < -0.39 is 5.97 Å². The van der Waals surface area contributed by atoms with Gasteiger partial charge in [0.2, 0.25) is 5.91 Å².